The third-order valence-electron chi connectivity index (χ3n) is 5.64. The Balaban J connectivity index is 2.47. The van der Waals surface area contributed by atoms with Crippen LogP contribution >= 0.6 is 0 Å². The first-order chi connectivity index (χ1) is 9.81. The second-order valence-electron chi connectivity index (χ2n) is 7.79. The second kappa shape index (κ2) is 8.50. The largest absolute Gasteiger partial charge is 0.385 e. The number of aliphatic hydroxyl groups excluding tert-OH is 1. The van der Waals surface area contributed by atoms with Gasteiger partial charge in [0.15, 0.2) is 0 Å². The van der Waals surface area contributed by atoms with E-state index in [0.29, 0.717) is 24.5 Å². The van der Waals surface area contributed by atoms with Crippen LogP contribution in [0.1, 0.15) is 53.9 Å². The molecule has 0 aromatic heterocycles. The van der Waals surface area contributed by atoms with Crippen molar-refractivity contribution in [2.75, 3.05) is 33.3 Å². The molecule has 0 amide bonds. The molecular weight excluding hydrogens is 262 g/mol. The Morgan fingerprint density at radius 2 is 1.81 bits per heavy atom. The fourth-order valence-electron chi connectivity index (χ4n) is 3.58. The number of likely N-dealkylation sites (N-methyl/N-ethyl adjacent to an activating group) is 1. The summed E-state index contributed by atoms with van der Waals surface area (Å²) >= 11 is 0. The normalized spacial score (nSPS) is 28.9. The number of hydrogen-bond donors (Lipinski definition) is 1. The lowest BCUT2D eigenvalue weighted by Crippen LogP contribution is -2.50. The molecule has 4 atom stereocenters. The highest BCUT2D eigenvalue weighted by molar-refractivity contribution is 4.81. The summed E-state index contributed by atoms with van der Waals surface area (Å²) in [6, 6.07) is 0. The fraction of sp³-hybridized carbons (Fsp3) is 1.00. The molecule has 1 aliphatic carbocycles. The van der Waals surface area contributed by atoms with E-state index in [9.17, 15) is 5.11 Å². The summed E-state index contributed by atoms with van der Waals surface area (Å²) in [5, 5.41) is 10.3. The van der Waals surface area contributed by atoms with Gasteiger partial charge in [-0.15, -0.1) is 0 Å². The standard InChI is InChI=1S/C18H38NO2/c1-7-19(6,8-2)12-16(20)13-21-18-11-15(5)9-10-17(18)14(3)4/h14-18,20H,7-13H2,1-6H3/q+1/t15-,16-,17-,18+/m0/s1. The minimum atomic E-state index is -0.347. The Kier molecular flexibility index (Phi) is 7.66. The van der Waals surface area contributed by atoms with Crippen molar-refractivity contribution >= 4 is 0 Å². The van der Waals surface area contributed by atoms with E-state index in [1.54, 1.807) is 0 Å². The molecule has 0 spiro atoms. The van der Waals surface area contributed by atoms with E-state index in [0.717, 1.165) is 36.5 Å². The molecule has 1 aliphatic rings. The zero-order valence-corrected chi connectivity index (χ0v) is 15.1. The van der Waals surface area contributed by atoms with Crippen LogP contribution in [-0.4, -0.2) is 55.1 Å². The smallest absolute Gasteiger partial charge is 0.126 e. The second-order valence-corrected chi connectivity index (χ2v) is 7.79. The Morgan fingerprint density at radius 1 is 1.19 bits per heavy atom. The van der Waals surface area contributed by atoms with Crippen molar-refractivity contribution in [3.63, 3.8) is 0 Å². The third kappa shape index (κ3) is 5.88. The number of nitrogens with zero attached hydrogens (tertiary/aromatic N) is 1. The van der Waals surface area contributed by atoms with Crippen LogP contribution in [0.5, 0.6) is 0 Å². The van der Waals surface area contributed by atoms with Crippen molar-refractivity contribution in [3.8, 4) is 0 Å². The van der Waals surface area contributed by atoms with E-state index in [2.05, 4.69) is 41.7 Å². The zero-order chi connectivity index (χ0) is 16.0. The predicted octanol–water partition coefficient (Wildman–Crippen LogP) is 3.31. The van der Waals surface area contributed by atoms with Gasteiger partial charge in [0.05, 0.1) is 32.8 Å². The Hall–Kier alpha value is -0.120. The first-order valence-electron chi connectivity index (χ1n) is 8.94. The Labute approximate surface area is 132 Å². The van der Waals surface area contributed by atoms with Crippen molar-refractivity contribution < 1.29 is 14.3 Å². The topological polar surface area (TPSA) is 29.5 Å². The van der Waals surface area contributed by atoms with Crippen LogP contribution in [0.25, 0.3) is 0 Å². The van der Waals surface area contributed by atoms with Crippen LogP contribution in [0.4, 0.5) is 0 Å². The van der Waals surface area contributed by atoms with Gasteiger partial charge in [0, 0.05) is 0 Å². The summed E-state index contributed by atoms with van der Waals surface area (Å²) < 4.78 is 7.08. The van der Waals surface area contributed by atoms with Crippen LogP contribution in [0.15, 0.2) is 0 Å². The van der Waals surface area contributed by atoms with Crippen molar-refractivity contribution in [2.24, 2.45) is 17.8 Å². The van der Waals surface area contributed by atoms with Gasteiger partial charge in [-0.2, -0.15) is 0 Å². The molecule has 1 fully saturated rings. The zero-order valence-electron chi connectivity index (χ0n) is 15.1. The van der Waals surface area contributed by atoms with Crippen LogP contribution < -0.4 is 0 Å². The van der Waals surface area contributed by atoms with Crippen LogP contribution in [0.2, 0.25) is 0 Å². The lowest BCUT2D eigenvalue weighted by Gasteiger charge is -2.38. The summed E-state index contributed by atoms with van der Waals surface area (Å²) in [6.07, 6.45) is 3.75. The molecule has 0 unspecified atom stereocenters. The van der Waals surface area contributed by atoms with Gasteiger partial charge in [0.2, 0.25) is 0 Å². The van der Waals surface area contributed by atoms with Crippen LogP contribution in [-0.2, 0) is 4.74 Å². The van der Waals surface area contributed by atoms with Gasteiger partial charge in [-0.05, 0) is 44.4 Å². The van der Waals surface area contributed by atoms with E-state index < -0.39 is 0 Å². The molecule has 126 valence electrons. The van der Waals surface area contributed by atoms with Crippen molar-refractivity contribution in [1.29, 1.82) is 0 Å². The summed E-state index contributed by atoms with van der Waals surface area (Å²) in [6.45, 7) is 14.7. The maximum absolute atomic E-state index is 10.3. The van der Waals surface area contributed by atoms with Crippen molar-refractivity contribution in [2.45, 2.75) is 66.1 Å². The van der Waals surface area contributed by atoms with E-state index in [-0.39, 0.29) is 6.10 Å². The molecule has 3 heteroatoms. The molecule has 1 saturated carbocycles. The van der Waals surface area contributed by atoms with Gasteiger partial charge in [-0.1, -0.05) is 27.2 Å². The summed E-state index contributed by atoms with van der Waals surface area (Å²) in [5.74, 6) is 2.09. The molecule has 0 bridgehead atoms. The highest BCUT2D eigenvalue weighted by atomic mass is 16.5. The van der Waals surface area contributed by atoms with Crippen molar-refractivity contribution in [1.82, 2.24) is 0 Å². The quantitative estimate of drug-likeness (QED) is 0.697. The number of quaternary nitrogens is 1. The molecule has 21 heavy (non-hydrogen) atoms. The lowest BCUT2D eigenvalue weighted by atomic mass is 9.75. The highest BCUT2D eigenvalue weighted by Gasteiger charge is 2.32. The fourth-order valence-corrected chi connectivity index (χ4v) is 3.58. The van der Waals surface area contributed by atoms with E-state index in [1.807, 2.05) is 0 Å². The molecular formula is C18H38NO2+. The molecule has 3 nitrogen and oxygen atoms in total. The van der Waals surface area contributed by atoms with Crippen LogP contribution in [0.3, 0.4) is 0 Å². The van der Waals surface area contributed by atoms with Gasteiger partial charge in [-0.3, -0.25) is 0 Å². The minimum absolute atomic E-state index is 0.338. The Bertz CT molecular complexity index is 289. The number of rotatable bonds is 8. The minimum Gasteiger partial charge on any atom is -0.385 e. The maximum atomic E-state index is 10.3. The molecule has 0 aliphatic heterocycles. The van der Waals surface area contributed by atoms with Gasteiger partial charge in [-0.25, -0.2) is 0 Å². The van der Waals surface area contributed by atoms with Gasteiger partial charge in [0.25, 0.3) is 0 Å². The predicted molar refractivity (Wildman–Crippen MR) is 89.2 cm³/mol. The molecule has 0 aromatic rings. The van der Waals surface area contributed by atoms with Crippen molar-refractivity contribution in [3.05, 3.63) is 0 Å². The van der Waals surface area contributed by atoms with E-state index in [4.69, 9.17) is 4.74 Å². The average Bonchev–Trinajstić information content (AvgIpc) is 2.44. The van der Waals surface area contributed by atoms with Gasteiger partial charge >= 0.3 is 0 Å². The maximum Gasteiger partial charge on any atom is 0.126 e. The molecule has 0 radical (unpaired) electrons. The highest BCUT2D eigenvalue weighted by Crippen LogP contribution is 2.35. The molecule has 0 aromatic carbocycles. The average molecular weight is 301 g/mol. The lowest BCUT2D eigenvalue weighted by molar-refractivity contribution is -0.909. The molecule has 0 saturated heterocycles. The number of ether oxygens (including phenoxy) is 1. The first kappa shape index (κ1) is 18.9. The van der Waals surface area contributed by atoms with Gasteiger partial charge < -0.3 is 14.3 Å². The monoisotopic (exact) mass is 300 g/mol. The van der Waals surface area contributed by atoms with Crippen LogP contribution in [0, 0.1) is 17.8 Å². The third-order valence-corrected chi connectivity index (χ3v) is 5.64. The number of hydrogen-bond acceptors (Lipinski definition) is 2. The summed E-state index contributed by atoms with van der Waals surface area (Å²) in [7, 11) is 2.21. The van der Waals surface area contributed by atoms with E-state index >= 15 is 0 Å². The number of aliphatic hydroxyl groups is 1. The SMILES string of the molecule is CC[N+](C)(CC)C[C@H](O)CO[C@@H]1C[C@@H](C)CC[C@H]1C(C)C. The summed E-state index contributed by atoms with van der Waals surface area (Å²) in [4.78, 5) is 0. The first-order valence-corrected chi connectivity index (χ1v) is 8.94. The molecule has 1 N–H and O–H groups in total. The Morgan fingerprint density at radius 3 is 2.33 bits per heavy atom. The molecule has 1 rings (SSSR count). The molecule has 0 heterocycles. The summed E-state index contributed by atoms with van der Waals surface area (Å²) in [5.41, 5.74) is 0. The van der Waals surface area contributed by atoms with Gasteiger partial charge in [0.1, 0.15) is 12.6 Å². The van der Waals surface area contributed by atoms with E-state index in [1.165, 1.54) is 12.8 Å².